The fourth-order valence-corrected chi connectivity index (χ4v) is 4.87. The van der Waals surface area contributed by atoms with Gasteiger partial charge in [-0.1, -0.05) is 12.1 Å². The molecule has 0 saturated carbocycles. The average Bonchev–Trinajstić information content (AvgIpc) is 3.33. The number of hydrogen-bond acceptors (Lipinski definition) is 7. The van der Waals surface area contributed by atoms with Gasteiger partial charge in [0, 0.05) is 51.7 Å². The highest BCUT2D eigenvalue weighted by Crippen LogP contribution is 2.51. The molecular weight excluding hydrogens is 424 g/mol. The first kappa shape index (κ1) is 23.8. The summed E-state index contributed by atoms with van der Waals surface area (Å²) in [6.45, 7) is 18.1. The smallest absolute Gasteiger partial charge is 0.407 e. The van der Waals surface area contributed by atoms with Crippen molar-refractivity contribution < 1.29 is 24.1 Å². The quantitative estimate of drug-likeness (QED) is 0.454. The third-order valence-corrected chi connectivity index (χ3v) is 6.37. The topological polar surface area (TPSA) is 91.2 Å². The van der Waals surface area contributed by atoms with E-state index in [1.165, 1.54) is 0 Å². The van der Waals surface area contributed by atoms with Crippen LogP contribution in [-0.2, 0) is 9.47 Å². The first-order chi connectivity index (χ1) is 15.7. The van der Waals surface area contributed by atoms with Crippen LogP contribution in [0, 0.1) is 12.5 Å². The van der Waals surface area contributed by atoms with E-state index >= 15 is 0 Å². The summed E-state index contributed by atoms with van der Waals surface area (Å²) in [4.78, 5) is 19.8. The van der Waals surface area contributed by atoms with E-state index in [0.717, 1.165) is 32.7 Å². The van der Waals surface area contributed by atoms with Crippen molar-refractivity contribution in [1.82, 2.24) is 15.1 Å². The Kier molecular flexibility index (Phi) is 6.82. The van der Waals surface area contributed by atoms with Crippen LogP contribution < -0.4 is 10.1 Å². The summed E-state index contributed by atoms with van der Waals surface area (Å²) in [5.74, 6) is 1.04. The Hall–Kier alpha value is -2.38. The number of likely N-dealkylation sites (tertiary alicyclic amines) is 2. The molecule has 4 atom stereocenters. The standard InChI is InChI=1S/C24H34N4O5/c1-23(2,3)33-22(30)26-9-10-27-11-17-12-28(14-21-24(17,16-27)32-21)13-19(29)15-31-20-7-5-18(25-4)6-8-20/h5-8,17,19,21,29H,9-16H2,1-3H3,(H,26,30)/t17?,19-,21?,24?/m0/s1. The van der Waals surface area contributed by atoms with Gasteiger partial charge in [0.25, 0.3) is 0 Å². The van der Waals surface area contributed by atoms with Gasteiger partial charge in [-0.15, -0.1) is 0 Å². The summed E-state index contributed by atoms with van der Waals surface area (Å²) < 4.78 is 17.1. The van der Waals surface area contributed by atoms with Crippen LogP contribution in [0.3, 0.4) is 0 Å². The van der Waals surface area contributed by atoms with Gasteiger partial charge >= 0.3 is 6.09 Å². The summed E-state index contributed by atoms with van der Waals surface area (Å²) in [5.41, 5.74) is 0.00695. The van der Waals surface area contributed by atoms with Gasteiger partial charge in [0.15, 0.2) is 5.69 Å². The summed E-state index contributed by atoms with van der Waals surface area (Å²) in [7, 11) is 0. The lowest BCUT2D eigenvalue weighted by molar-refractivity contribution is 0.0523. The molecule has 3 saturated heterocycles. The minimum absolute atomic E-state index is 0.0610. The van der Waals surface area contributed by atoms with Crippen LogP contribution in [0.25, 0.3) is 4.85 Å². The Morgan fingerprint density at radius 2 is 2.03 bits per heavy atom. The van der Waals surface area contributed by atoms with E-state index < -0.39 is 11.7 Å². The molecule has 9 heteroatoms. The Morgan fingerprint density at radius 1 is 1.30 bits per heavy atom. The average molecular weight is 459 g/mol. The predicted molar refractivity (Wildman–Crippen MR) is 122 cm³/mol. The maximum atomic E-state index is 11.8. The molecule has 0 radical (unpaired) electrons. The Bertz CT molecular complexity index is 880. The van der Waals surface area contributed by atoms with E-state index in [4.69, 9.17) is 20.8 Å². The predicted octanol–water partition coefficient (Wildman–Crippen LogP) is 1.89. The van der Waals surface area contributed by atoms with Gasteiger partial charge in [0.1, 0.15) is 35.8 Å². The van der Waals surface area contributed by atoms with Gasteiger partial charge in [-0.3, -0.25) is 9.80 Å². The van der Waals surface area contributed by atoms with Crippen LogP contribution in [-0.4, -0.2) is 96.8 Å². The molecular formula is C24H34N4O5. The zero-order chi connectivity index (χ0) is 23.6. The van der Waals surface area contributed by atoms with Gasteiger partial charge in [-0.25, -0.2) is 9.64 Å². The number of amides is 1. The Morgan fingerprint density at radius 3 is 2.73 bits per heavy atom. The number of benzene rings is 1. The number of aliphatic hydroxyl groups excluding tert-OH is 1. The SMILES string of the molecule is [C-]#[N+]c1ccc(OC[C@@H](O)CN2CC3CN(CCNC(=O)OC(C)(C)C)CC34OC4C2)cc1. The van der Waals surface area contributed by atoms with Crippen LogP contribution in [0.15, 0.2) is 24.3 Å². The fourth-order valence-electron chi connectivity index (χ4n) is 4.87. The van der Waals surface area contributed by atoms with Gasteiger partial charge in [0.2, 0.25) is 0 Å². The second-order valence-electron chi connectivity index (χ2n) is 10.2. The van der Waals surface area contributed by atoms with Crippen molar-refractivity contribution in [1.29, 1.82) is 0 Å². The van der Waals surface area contributed by atoms with E-state index in [9.17, 15) is 9.90 Å². The van der Waals surface area contributed by atoms with Crippen LogP contribution in [0.1, 0.15) is 20.8 Å². The Balaban J connectivity index is 1.18. The largest absolute Gasteiger partial charge is 0.491 e. The van der Waals surface area contributed by atoms with E-state index in [1.54, 1.807) is 24.3 Å². The van der Waals surface area contributed by atoms with Crippen LogP contribution in [0.2, 0.25) is 0 Å². The number of aliphatic hydroxyl groups is 1. The second-order valence-corrected chi connectivity index (χ2v) is 10.2. The van der Waals surface area contributed by atoms with Crippen LogP contribution in [0.5, 0.6) is 5.75 Å². The number of hydrogen-bond donors (Lipinski definition) is 2. The maximum absolute atomic E-state index is 11.8. The summed E-state index contributed by atoms with van der Waals surface area (Å²) in [6.07, 6.45) is -0.788. The van der Waals surface area contributed by atoms with Crippen molar-refractivity contribution in [3.05, 3.63) is 35.7 Å². The molecule has 4 rings (SSSR count). The van der Waals surface area contributed by atoms with E-state index in [-0.39, 0.29) is 24.4 Å². The molecule has 180 valence electrons. The molecule has 3 unspecified atom stereocenters. The number of carbonyl (C=O) groups is 1. The molecule has 33 heavy (non-hydrogen) atoms. The highest BCUT2D eigenvalue weighted by Gasteiger charge is 2.67. The minimum Gasteiger partial charge on any atom is -0.491 e. The number of epoxide rings is 1. The lowest BCUT2D eigenvalue weighted by atomic mass is 9.88. The number of β-amino-alcohol motifs (C(OH)–C–C–N with tert-alkyl or cyclic N) is 1. The molecule has 1 amide bonds. The molecule has 3 heterocycles. The number of ether oxygens (including phenoxy) is 3. The first-order valence-electron chi connectivity index (χ1n) is 11.5. The van der Waals surface area contributed by atoms with Gasteiger partial charge < -0.3 is 24.6 Å². The third kappa shape index (κ3) is 5.95. The van der Waals surface area contributed by atoms with Crippen molar-refractivity contribution in [2.24, 2.45) is 5.92 Å². The van der Waals surface area contributed by atoms with Gasteiger partial charge in [-0.05, 0) is 32.9 Å². The van der Waals surface area contributed by atoms with E-state index in [2.05, 4.69) is 20.0 Å². The minimum atomic E-state index is -0.604. The van der Waals surface area contributed by atoms with Crippen molar-refractivity contribution in [3.63, 3.8) is 0 Å². The summed E-state index contributed by atoms with van der Waals surface area (Å²) in [5, 5.41) is 13.3. The van der Waals surface area contributed by atoms with Crippen molar-refractivity contribution >= 4 is 11.8 Å². The monoisotopic (exact) mass is 458 g/mol. The number of piperidine rings is 1. The molecule has 0 aromatic heterocycles. The third-order valence-electron chi connectivity index (χ3n) is 6.37. The highest BCUT2D eigenvalue weighted by molar-refractivity contribution is 5.67. The van der Waals surface area contributed by atoms with Crippen molar-refractivity contribution in [2.45, 2.75) is 44.2 Å². The lowest BCUT2D eigenvalue weighted by Crippen LogP contribution is -2.49. The fraction of sp³-hybridized carbons (Fsp3) is 0.667. The molecule has 1 aromatic rings. The van der Waals surface area contributed by atoms with Crippen molar-refractivity contribution in [3.8, 4) is 5.75 Å². The van der Waals surface area contributed by atoms with Crippen LogP contribution >= 0.6 is 0 Å². The zero-order valence-electron chi connectivity index (χ0n) is 19.6. The first-order valence-corrected chi connectivity index (χ1v) is 11.5. The molecule has 2 N–H and O–H groups in total. The highest BCUT2D eigenvalue weighted by atomic mass is 16.6. The summed E-state index contributed by atoms with van der Waals surface area (Å²) >= 11 is 0. The zero-order valence-corrected chi connectivity index (χ0v) is 19.6. The number of alkyl carbamates (subject to hydrolysis) is 1. The number of nitrogens with zero attached hydrogens (tertiary/aromatic N) is 3. The molecule has 3 aliphatic heterocycles. The number of nitrogens with one attached hydrogen (secondary N) is 1. The van der Waals surface area contributed by atoms with E-state index in [0.29, 0.717) is 30.4 Å². The summed E-state index contributed by atoms with van der Waals surface area (Å²) in [6, 6.07) is 6.91. The molecule has 9 nitrogen and oxygen atoms in total. The molecule has 3 fully saturated rings. The Labute approximate surface area is 195 Å². The molecule has 1 aromatic carbocycles. The van der Waals surface area contributed by atoms with Crippen molar-refractivity contribution in [2.75, 3.05) is 52.4 Å². The lowest BCUT2D eigenvalue weighted by Gasteiger charge is -2.32. The van der Waals surface area contributed by atoms with Gasteiger partial charge in [0.05, 0.1) is 6.57 Å². The number of rotatable bonds is 8. The molecule has 1 spiro atoms. The van der Waals surface area contributed by atoms with Crippen LogP contribution in [0.4, 0.5) is 10.5 Å². The number of carbonyl (C=O) groups excluding carboxylic acids is 1. The molecule has 0 bridgehead atoms. The van der Waals surface area contributed by atoms with Gasteiger partial charge in [-0.2, -0.15) is 0 Å². The molecule has 0 aliphatic carbocycles. The maximum Gasteiger partial charge on any atom is 0.407 e. The van der Waals surface area contributed by atoms with E-state index in [1.807, 2.05) is 20.8 Å². The second kappa shape index (κ2) is 9.47. The normalized spacial score (nSPS) is 27.7. The molecule has 3 aliphatic rings.